The summed E-state index contributed by atoms with van der Waals surface area (Å²) in [6.07, 6.45) is 4.42. The van der Waals surface area contributed by atoms with E-state index in [0.29, 0.717) is 23.4 Å². The van der Waals surface area contributed by atoms with Gasteiger partial charge in [-0.05, 0) is 65.1 Å². The van der Waals surface area contributed by atoms with E-state index in [0.717, 1.165) is 16.8 Å². The van der Waals surface area contributed by atoms with Crippen molar-refractivity contribution in [2.45, 2.75) is 19.8 Å². The molecule has 0 radical (unpaired) electrons. The van der Waals surface area contributed by atoms with Crippen LogP contribution in [0, 0.1) is 6.92 Å². The molecule has 26 heavy (non-hydrogen) atoms. The molecule has 1 aliphatic carbocycles. The van der Waals surface area contributed by atoms with E-state index in [1.54, 1.807) is 18.2 Å². The van der Waals surface area contributed by atoms with Gasteiger partial charge in [-0.15, -0.1) is 5.10 Å². The first kappa shape index (κ1) is 16.5. The molecule has 0 spiro atoms. The summed E-state index contributed by atoms with van der Waals surface area (Å²) in [5.74, 6) is 0. The Kier molecular flexibility index (Phi) is 4.04. The first-order valence-corrected chi connectivity index (χ1v) is 9.67. The lowest BCUT2D eigenvalue weighted by atomic mass is 9.98. The van der Waals surface area contributed by atoms with Crippen molar-refractivity contribution in [1.82, 2.24) is 20.2 Å². The van der Waals surface area contributed by atoms with Crippen molar-refractivity contribution in [2.75, 3.05) is 4.72 Å². The summed E-state index contributed by atoms with van der Waals surface area (Å²) in [5.41, 5.74) is 4.11. The van der Waals surface area contributed by atoms with Crippen LogP contribution in [0.5, 0.6) is 0 Å². The minimum Gasteiger partial charge on any atom is -0.280 e. The average molecular weight is 367 g/mol. The van der Waals surface area contributed by atoms with Crippen LogP contribution in [0.4, 0.5) is 5.69 Å². The van der Waals surface area contributed by atoms with Gasteiger partial charge >= 0.3 is 0 Å². The average Bonchev–Trinajstić information content (AvgIpc) is 3.17. The summed E-state index contributed by atoms with van der Waals surface area (Å²) < 4.78 is 30.0. The first-order valence-electron chi connectivity index (χ1n) is 8.19. The number of aromatic nitrogens is 4. The van der Waals surface area contributed by atoms with E-state index in [2.05, 4.69) is 20.2 Å². The molecule has 1 aliphatic rings. The lowest BCUT2D eigenvalue weighted by Gasteiger charge is -2.19. The number of aryl methyl sites for hydroxylation is 1. The number of hydrogen-bond acceptors (Lipinski definition) is 5. The summed E-state index contributed by atoms with van der Waals surface area (Å²) in [6.45, 7) is 1.83. The third-order valence-electron chi connectivity index (χ3n) is 4.50. The third kappa shape index (κ3) is 2.99. The van der Waals surface area contributed by atoms with Gasteiger partial charge in [-0.2, -0.15) is 0 Å². The van der Waals surface area contributed by atoms with Crippen LogP contribution >= 0.6 is 0 Å². The van der Waals surface area contributed by atoms with Crippen LogP contribution in [0.3, 0.4) is 0 Å². The summed E-state index contributed by atoms with van der Waals surface area (Å²) in [5, 5.41) is 11.1. The number of fused-ring (bicyclic) bond motifs is 1. The number of nitrogens with one attached hydrogen (secondary N) is 1. The Labute approximate surface area is 151 Å². The SMILES string of the molecule is Cc1c(NS(=O)(=O)C2=Cc3ccccc3CC2)cccc1-n1cnnn1. The molecule has 0 fully saturated rings. The molecule has 7 nitrogen and oxygen atoms in total. The molecule has 1 N–H and O–H groups in total. The quantitative estimate of drug-likeness (QED) is 0.766. The Bertz CT molecular complexity index is 1090. The van der Waals surface area contributed by atoms with Crippen LogP contribution in [0.2, 0.25) is 0 Å². The zero-order valence-electron chi connectivity index (χ0n) is 14.1. The second-order valence-corrected chi connectivity index (χ2v) is 7.85. The molecule has 0 saturated carbocycles. The number of sulfonamides is 1. The van der Waals surface area contributed by atoms with Crippen molar-refractivity contribution in [3.63, 3.8) is 0 Å². The Hall–Kier alpha value is -3.00. The minimum atomic E-state index is -3.64. The Balaban J connectivity index is 1.68. The highest BCUT2D eigenvalue weighted by atomic mass is 32.2. The fourth-order valence-electron chi connectivity index (χ4n) is 3.08. The van der Waals surface area contributed by atoms with E-state index in [-0.39, 0.29) is 0 Å². The monoisotopic (exact) mass is 367 g/mol. The molecule has 3 aromatic rings. The highest BCUT2D eigenvalue weighted by Gasteiger charge is 2.22. The van der Waals surface area contributed by atoms with Crippen molar-refractivity contribution < 1.29 is 8.42 Å². The number of rotatable bonds is 4. The van der Waals surface area contributed by atoms with Gasteiger partial charge in [0.15, 0.2) is 0 Å². The minimum absolute atomic E-state index is 0.392. The Morgan fingerprint density at radius 1 is 1.08 bits per heavy atom. The van der Waals surface area contributed by atoms with Gasteiger partial charge in [0.2, 0.25) is 0 Å². The van der Waals surface area contributed by atoms with Crippen LogP contribution in [0.25, 0.3) is 11.8 Å². The van der Waals surface area contributed by atoms with Crippen molar-refractivity contribution >= 4 is 21.8 Å². The lowest BCUT2D eigenvalue weighted by molar-refractivity contribution is 0.605. The smallest absolute Gasteiger partial charge is 0.258 e. The molecule has 8 heteroatoms. The molecule has 0 amide bonds. The van der Waals surface area contributed by atoms with Gasteiger partial charge in [0.1, 0.15) is 6.33 Å². The highest BCUT2D eigenvalue weighted by Crippen LogP contribution is 2.29. The van der Waals surface area contributed by atoms with E-state index < -0.39 is 10.0 Å². The van der Waals surface area contributed by atoms with E-state index >= 15 is 0 Å². The maximum Gasteiger partial charge on any atom is 0.258 e. The molecule has 0 unspecified atom stereocenters. The number of allylic oxidation sites excluding steroid dienone is 1. The standard InChI is InChI=1S/C18H17N5O2S/c1-13-17(7-4-8-18(13)23-12-19-21-22-23)20-26(24,25)16-10-9-14-5-2-3-6-15(14)11-16/h2-8,11-12,20H,9-10H2,1H3. The Morgan fingerprint density at radius 3 is 2.73 bits per heavy atom. The van der Waals surface area contributed by atoms with E-state index in [4.69, 9.17) is 0 Å². The number of anilines is 1. The predicted molar refractivity (Wildman–Crippen MR) is 99.2 cm³/mol. The summed E-state index contributed by atoms with van der Waals surface area (Å²) in [6, 6.07) is 13.2. The highest BCUT2D eigenvalue weighted by molar-refractivity contribution is 7.96. The third-order valence-corrected chi connectivity index (χ3v) is 6.00. The zero-order valence-corrected chi connectivity index (χ0v) is 14.9. The fraction of sp³-hybridized carbons (Fsp3) is 0.167. The van der Waals surface area contributed by atoms with Crippen LogP contribution in [-0.2, 0) is 16.4 Å². The molecular weight excluding hydrogens is 350 g/mol. The maximum atomic E-state index is 12.9. The molecular formula is C18H17N5O2S. The zero-order chi connectivity index (χ0) is 18.1. The van der Waals surface area contributed by atoms with Gasteiger partial charge in [0.25, 0.3) is 10.0 Å². The Morgan fingerprint density at radius 2 is 1.92 bits per heavy atom. The van der Waals surface area contributed by atoms with Gasteiger partial charge in [0.05, 0.1) is 16.3 Å². The maximum absolute atomic E-state index is 12.9. The van der Waals surface area contributed by atoms with Crippen LogP contribution < -0.4 is 4.72 Å². The summed E-state index contributed by atoms with van der Waals surface area (Å²) in [4.78, 5) is 0.392. The molecule has 1 aromatic heterocycles. The van der Waals surface area contributed by atoms with E-state index in [1.807, 2.05) is 37.3 Å². The molecule has 0 saturated heterocycles. The predicted octanol–water partition coefficient (Wildman–Crippen LogP) is 2.70. The largest absolute Gasteiger partial charge is 0.280 e. The topological polar surface area (TPSA) is 89.8 Å². The summed E-state index contributed by atoms with van der Waals surface area (Å²) >= 11 is 0. The molecule has 4 rings (SSSR count). The molecule has 2 aromatic carbocycles. The normalized spacial score (nSPS) is 13.8. The molecule has 0 bridgehead atoms. The molecule has 132 valence electrons. The second-order valence-electron chi connectivity index (χ2n) is 6.12. The van der Waals surface area contributed by atoms with Gasteiger partial charge in [-0.3, -0.25) is 4.72 Å². The second kappa shape index (κ2) is 6.38. The van der Waals surface area contributed by atoms with Gasteiger partial charge in [-0.25, -0.2) is 13.1 Å². The van der Waals surface area contributed by atoms with Crippen LogP contribution in [-0.4, -0.2) is 28.6 Å². The van der Waals surface area contributed by atoms with Crippen molar-refractivity contribution in [2.24, 2.45) is 0 Å². The number of hydrogen-bond donors (Lipinski definition) is 1. The number of tetrazole rings is 1. The van der Waals surface area contributed by atoms with Crippen molar-refractivity contribution in [1.29, 1.82) is 0 Å². The van der Waals surface area contributed by atoms with Crippen molar-refractivity contribution in [3.05, 3.63) is 70.4 Å². The molecule has 1 heterocycles. The lowest BCUT2D eigenvalue weighted by Crippen LogP contribution is -2.18. The number of nitrogens with zero attached hydrogens (tertiary/aromatic N) is 4. The summed E-state index contributed by atoms with van der Waals surface area (Å²) in [7, 11) is -3.64. The van der Waals surface area contributed by atoms with Crippen LogP contribution in [0.1, 0.15) is 23.1 Å². The van der Waals surface area contributed by atoms with Gasteiger partial charge < -0.3 is 0 Å². The van der Waals surface area contributed by atoms with E-state index in [9.17, 15) is 8.42 Å². The van der Waals surface area contributed by atoms with Crippen LogP contribution in [0.15, 0.2) is 53.7 Å². The molecule has 0 atom stereocenters. The van der Waals surface area contributed by atoms with Crippen molar-refractivity contribution in [3.8, 4) is 5.69 Å². The number of benzene rings is 2. The fourth-order valence-corrected chi connectivity index (χ4v) is 4.38. The van der Waals surface area contributed by atoms with Gasteiger partial charge in [0, 0.05) is 0 Å². The van der Waals surface area contributed by atoms with Gasteiger partial charge in [-0.1, -0.05) is 30.3 Å². The van der Waals surface area contributed by atoms with E-state index in [1.165, 1.54) is 16.6 Å². The first-order chi connectivity index (χ1) is 12.5. The molecule has 0 aliphatic heterocycles.